The zero-order chi connectivity index (χ0) is 11.0. The Labute approximate surface area is 103 Å². The molecule has 1 fully saturated rings. The molecular formula is C13H13BrN2. The van der Waals surface area contributed by atoms with Crippen molar-refractivity contribution < 1.29 is 0 Å². The lowest BCUT2D eigenvalue weighted by molar-refractivity contribution is 0.946. The van der Waals surface area contributed by atoms with Crippen molar-refractivity contribution in [1.82, 2.24) is 4.98 Å². The van der Waals surface area contributed by atoms with Crippen LogP contribution in [-0.2, 0) is 0 Å². The fraction of sp³-hybridized carbons (Fsp3) is 0.308. The van der Waals surface area contributed by atoms with Crippen molar-refractivity contribution in [2.45, 2.75) is 12.8 Å². The Kier molecular flexibility index (Phi) is 2.56. The van der Waals surface area contributed by atoms with Crippen molar-refractivity contribution in [2.75, 3.05) is 18.0 Å². The number of hydrogen-bond acceptors (Lipinski definition) is 2. The van der Waals surface area contributed by atoms with Gasteiger partial charge in [0.2, 0.25) is 0 Å². The summed E-state index contributed by atoms with van der Waals surface area (Å²) in [6.07, 6.45) is 4.47. The van der Waals surface area contributed by atoms with Gasteiger partial charge >= 0.3 is 0 Å². The molecule has 0 atom stereocenters. The van der Waals surface area contributed by atoms with E-state index in [1.165, 1.54) is 23.6 Å². The van der Waals surface area contributed by atoms with E-state index in [1.54, 1.807) is 0 Å². The number of hydrogen-bond donors (Lipinski definition) is 0. The first-order valence-corrected chi connectivity index (χ1v) is 6.44. The van der Waals surface area contributed by atoms with Crippen LogP contribution in [0.5, 0.6) is 0 Å². The van der Waals surface area contributed by atoms with Gasteiger partial charge in [-0.25, -0.2) is 4.98 Å². The van der Waals surface area contributed by atoms with Crippen LogP contribution >= 0.6 is 15.9 Å². The zero-order valence-electron chi connectivity index (χ0n) is 8.99. The Morgan fingerprint density at radius 3 is 2.69 bits per heavy atom. The van der Waals surface area contributed by atoms with Gasteiger partial charge in [0.15, 0.2) is 0 Å². The Morgan fingerprint density at radius 2 is 1.88 bits per heavy atom. The monoisotopic (exact) mass is 276 g/mol. The molecular weight excluding hydrogens is 264 g/mol. The molecule has 0 amide bonds. The molecule has 3 rings (SSSR count). The Balaban J connectivity index is 2.20. The van der Waals surface area contributed by atoms with Crippen molar-refractivity contribution in [2.24, 2.45) is 0 Å². The van der Waals surface area contributed by atoms with E-state index in [-0.39, 0.29) is 0 Å². The third-order valence-electron chi connectivity index (χ3n) is 3.14. The molecule has 1 aromatic carbocycles. The molecule has 0 saturated carbocycles. The van der Waals surface area contributed by atoms with E-state index in [2.05, 4.69) is 50.1 Å². The van der Waals surface area contributed by atoms with E-state index in [0.717, 1.165) is 23.4 Å². The fourth-order valence-corrected chi connectivity index (χ4v) is 2.83. The molecule has 1 aliphatic rings. The van der Waals surface area contributed by atoms with Crippen molar-refractivity contribution >= 4 is 32.5 Å². The summed E-state index contributed by atoms with van der Waals surface area (Å²) in [5.74, 6) is 1.14. The van der Waals surface area contributed by atoms with Crippen LogP contribution in [0.25, 0.3) is 10.8 Å². The average molecular weight is 277 g/mol. The maximum Gasteiger partial charge on any atom is 0.136 e. The number of pyridine rings is 1. The molecule has 0 unspecified atom stereocenters. The van der Waals surface area contributed by atoms with Crippen LogP contribution < -0.4 is 4.90 Å². The molecule has 16 heavy (non-hydrogen) atoms. The summed E-state index contributed by atoms with van der Waals surface area (Å²) < 4.78 is 1.15. The number of benzene rings is 1. The fourth-order valence-electron chi connectivity index (χ4n) is 2.33. The lowest BCUT2D eigenvalue weighted by Gasteiger charge is -2.18. The molecule has 0 N–H and O–H groups in total. The van der Waals surface area contributed by atoms with E-state index in [1.807, 2.05) is 6.20 Å². The van der Waals surface area contributed by atoms with Gasteiger partial charge in [-0.1, -0.05) is 28.1 Å². The van der Waals surface area contributed by atoms with Crippen LogP contribution in [0.1, 0.15) is 12.8 Å². The van der Waals surface area contributed by atoms with E-state index in [4.69, 9.17) is 0 Å². The topological polar surface area (TPSA) is 16.1 Å². The minimum Gasteiger partial charge on any atom is -0.356 e. The first-order chi connectivity index (χ1) is 7.86. The second-order valence-electron chi connectivity index (χ2n) is 4.16. The highest BCUT2D eigenvalue weighted by Gasteiger charge is 2.16. The lowest BCUT2D eigenvalue weighted by atomic mass is 10.1. The number of aromatic nitrogens is 1. The predicted octanol–water partition coefficient (Wildman–Crippen LogP) is 3.60. The highest BCUT2D eigenvalue weighted by molar-refractivity contribution is 9.10. The van der Waals surface area contributed by atoms with Crippen LogP contribution in [-0.4, -0.2) is 18.1 Å². The van der Waals surface area contributed by atoms with Crippen LogP contribution in [0.4, 0.5) is 5.82 Å². The summed E-state index contributed by atoms with van der Waals surface area (Å²) in [5, 5.41) is 2.50. The minimum absolute atomic E-state index is 1.14. The molecule has 0 bridgehead atoms. The normalized spacial score (nSPS) is 15.9. The molecule has 0 spiro atoms. The van der Waals surface area contributed by atoms with Crippen LogP contribution in [0.3, 0.4) is 0 Å². The van der Waals surface area contributed by atoms with Crippen molar-refractivity contribution in [3.8, 4) is 0 Å². The summed E-state index contributed by atoms with van der Waals surface area (Å²) in [6.45, 7) is 2.28. The van der Waals surface area contributed by atoms with Crippen molar-refractivity contribution in [1.29, 1.82) is 0 Å². The second kappa shape index (κ2) is 4.06. The Bertz CT molecular complexity index is 518. The molecule has 2 heterocycles. The Morgan fingerprint density at radius 1 is 1.06 bits per heavy atom. The Hall–Kier alpha value is -1.09. The highest BCUT2D eigenvalue weighted by Crippen LogP contribution is 2.31. The van der Waals surface area contributed by atoms with Crippen LogP contribution in [0.2, 0.25) is 0 Å². The van der Waals surface area contributed by atoms with Crippen LogP contribution in [0, 0.1) is 0 Å². The average Bonchev–Trinajstić information content (AvgIpc) is 2.82. The first-order valence-electron chi connectivity index (χ1n) is 5.64. The number of rotatable bonds is 1. The number of nitrogens with zero attached hydrogens (tertiary/aromatic N) is 2. The van der Waals surface area contributed by atoms with E-state index in [0.29, 0.717) is 0 Å². The number of halogens is 1. The first kappa shape index (κ1) is 10.1. The molecule has 82 valence electrons. The third kappa shape index (κ3) is 1.59. The highest BCUT2D eigenvalue weighted by atomic mass is 79.9. The molecule has 0 aliphatic carbocycles. The number of fused-ring (bicyclic) bond motifs is 1. The zero-order valence-corrected chi connectivity index (χ0v) is 10.6. The van der Waals surface area contributed by atoms with Gasteiger partial charge in [0, 0.05) is 34.5 Å². The van der Waals surface area contributed by atoms with Crippen molar-refractivity contribution in [3.05, 3.63) is 34.9 Å². The molecule has 1 aromatic heterocycles. The van der Waals surface area contributed by atoms with Crippen molar-refractivity contribution in [3.63, 3.8) is 0 Å². The summed E-state index contributed by atoms with van der Waals surface area (Å²) in [6, 6.07) is 8.38. The molecule has 3 heteroatoms. The van der Waals surface area contributed by atoms with E-state index < -0.39 is 0 Å². The van der Waals surface area contributed by atoms with E-state index in [9.17, 15) is 0 Å². The maximum atomic E-state index is 4.54. The molecule has 2 nitrogen and oxygen atoms in total. The SMILES string of the molecule is Brc1cccc2c(N3CCCC3)nccc12. The molecule has 0 radical (unpaired) electrons. The molecule has 1 aliphatic heterocycles. The molecule has 2 aromatic rings. The summed E-state index contributed by atoms with van der Waals surface area (Å²) in [4.78, 5) is 6.92. The second-order valence-corrected chi connectivity index (χ2v) is 5.02. The third-order valence-corrected chi connectivity index (χ3v) is 3.83. The van der Waals surface area contributed by atoms with Gasteiger partial charge in [0.25, 0.3) is 0 Å². The van der Waals surface area contributed by atoms with E-state index >= 15 is 0 Å². The summed E-state index contributed by atoms with van der Waals surface area (Å²) in [7, 11) is 0. The summed E-state index contributed by atoms with van der Waals surface area (Å²) in [5.41, 5.74) is 0. The minimum atomic E-state index is 1.14. The van der Waals surface area contributed by atoms with Gasteiger partial charge in [-0.15, -0.1) is 0 Å². The lowest BCUT2D eigenvalue weighted by Crippen LogP contribution is -2.19. The largest absolute Gasteiger partial charge is 0.356 e. The predicted molar refractivity (Wildman–Crippen MR) is 70.9 cm³/mol. The van der Waals surface area contributed by atoms with Gasteiger partial charge in [0.05, 0.1) is 0 Å². The van der Waals surface area contributed by atoms with Gasteiger partial charge in [0.1, 0.15) is 5.82 Å². The number of anilines is 1. The van der Waals surface area contributed by atoms with Gasteiger partial charge in [-0.2, -0.15) is 0 Å². The standard InChI is InChI=1S/C13H13BrN2/c14-12-5-3-4-11-10(12)6-7-15-13(11)16-8-1-2-9-16/h3-7H,1-2,8-9H2. The summed E-state index contributed by atoms with van der Waals surface area (Å²) >= 11 is 3.59. The maximum absolute atomic E-state index is 4.54. The quantitative estimate of drug-likeness (QED) is 0.791. The molecule has 1 saturated heterocycles. The van der Waals surface area contributed by atoms with Gasteiger partial charge in [-0.05, 0) is 25.0 Å². The van der Waals surface area contributed by atoms with Crippen LogP contribution in [0.15, 0.2) is 34.9 Å². The van der Waals surface area contributed by atoms with Gasteiger partial charge < -0.3 is 4.90 Å². The van der Waals surface area contributed by atoms with Gasteiger partial charge in [-0.3, -0.25) is 0 Å². The smallest absolute Gasteiger partial charge is 0.136 e.